The Balaban J connectivity index is 1.63. The second kappa shape index (κ2) is 5.97. The number of carbonyl (C=O) groups is 1. The maximum absolute atomic E-state index is 13.5. The lowest BCUT2D eigenvalue weighted by Gasteiger charge is -2.06. The highest BCUT2D eigenvalue weighted by Crippen LogP contribution is 2.16. The Morgan fingerprint density at radius 1 is 1.27 bits per heavy atom. The highest BCUT2D eigenvalue weighted by molar-refractivity contribution is 5.79. The first-order valence-corrected chi connectivity index (χ1v) is 6.98. The van der Waals surface area contributed by atoms with Gasteiger partial charge in [-0.1, -0.05) is 24.3 Å². The molecule has 0 aliphatic rings. The molecule has 0 spiro atoms. The lowest BCUT2D eigenvalue weighted by Crippen LogP contribution is -2.24. The lowest BCUT2D eigenvalue weighted by atomic mass is 10.1. The Morgan fingerprint density at radius 3 is 2.91 bits per heavy atom. The van der Waals surface area contributed by atoms with Gasteiger partial charge in [0.15, 0.2) is 11.5 Å². The van der Waals surface area contributed by atoms with Crippen molar-refractivity contribution < 1.29 is 13.6 Å². The number of carbonyl (C=O) groups excluding carboxylic acids is 1. The van der Waals surface area contributed by atoms with Crippen LogP contribution in [0.2, 0.25) is 0 Å². The smallest absolute Gasteiger partial charge is 0.224 e. The van der Waals surface area contributed by atoms with Crippen LogP contribution in [0.3, 0.4) is 0 Å². The minimum atomic E-state index is -0.365. The number of amides is 1. The monoisotopic (exact) mass is 298 g/mol. The van der Waals surface area contributed by atoms with Crippen LogP contribution in [-0.2, 0) is 17.8 Å². The summed E-state index contributed by atoms with van der Waals surface area (Å²) in [6.07, 6.45) is 0.0241. The molecule has 0 aliphatic carbocycles. The SMILES string of the molecule is Cc1nc2ccc(CNC(=O)Cc3ccccc3F)cc2o1. The van der Waals surface area contributed by atoms with Crippen LogP contribution in [0.1, 0.15) is 17.0 Å². The highest BCUT2D eigenvalue weighted by Gasteiger charge is 2.08. The van der Waals surface area contributed by atoms with Gasteiger partial charge in [0.2, 0.25) is 5.91 Å². The molecule has 0 unspecified atom stereocenters. The van der Waals surface area contributed by atoms with Crippen LogP contribution in [0.25, 0.3) is 11.1 Å². The number of fused-ring (bicyclic) bond motifs is 1. The Morgan fingerprint density at radius 2 is 2.09 bits per heavy atom. The quantitative estimate of drug-likeness (QED) is 0.805. The van der Waals surface area contributed by atoms with E-state index >= 15 is 0 Å². The molecule has 0 saturated carbocycles. The molecule has 3 rings (SSSR count). The number of hydrogen-bond donors (Lipinski definition) is 1. The van der Waals surface area contributed by atoms with Gasteiger partial charge >= 0.3 is 0 Å². The van der Waals surface area contributed by atoms with E-state index in [4.69, 9.17) is 4.42 Å². The van der Waals surface area contributed by atoms with E-state index in [0.717, 1.165) is 11.1 Å². The molecule has 112 valence electrons. The van der Waals surface area contributed by atoms with E-state index in [-0.39, 0.29) is 18.1 Å². The van der Waals surface area contributed by atoms with Crippen molar-refractivity contribution in [1.29, 1.82) is 0 Å². The van der Waals surface area contributed by atoms with E-state index in [9.17, 15) is 9.18 Å². The molecule has 22 heavy (non-hydrogen) atoms. The van der Waals surface area contributed by atoms with Crippen molar-refractivity contribution >= 4 is 17.0 Å². The third-order valence-corrected chi connectivity index (χ3v) is 3.36. The number of oxazole rings is 1. The normalized spacial score (nSPS) is 10.8. The van der Waals surface area contributed by atoms with Crippen molar-refractivity contribution in [3.05, 3.63) is 65.3 Å². The van der Waals surface area contributed by atoms with Crippen LogP contribution < -0.4 is 5.32 Å². The topological polar surface area (TPSA) is 55.1 Å². The van der Waals surface area contributed by atoms with Gasteiger partial charge in [0.1, 0.15) is 11.3 Å². The zero-order chi connectivity index (χ0) is 15.5. The van der Waals surface area contributed by atoms with Gasteiger partial charge in [0.25, 0.3) is 0 Å². The van der Waals surface area contributed by atoms with E-state index in [1.807, 2.05) is 18.2 Å². The molecule has 2 aromatic carbocycles. The second-order valence-electron chi connectivity index (χ2n) is 5.08. The van der Waals surface area contributed by atoms with Gasteiger partial charge in [-0.2, -0.15) is 0 Å². The van der Waals surface area contributed by atoms with Crippen LogP contribution in [0.15, 0.2) is 46.9 Å². The molecule has 0 saturated heterocycles. The Bertz CT molecular complexity index is 826. The van der Waals surface area contributed by atoms with E-state index in [0.29, 0.717) is 23.6 Å². The van der Waals surface area contributed by atoms with Gasteiger partial charge in [-0.05, 0) is 29.3 Å². The second-order valence-corrected chi connectivity index (χ2v) is 5.08. The number of nitrogens with zero attached hydrogens (tertiary/aromatic N) is 1. The molecular formula is C17H15FN2O2. The fraction of sp³-hybridized carbons (Fsp3) is 0.176. The van der Waals surface area contributed by atoms with Gasteiger partial charge in [-0.3, -0.25) is 4.79 Å². The summed E-state index contributed by atoms with van der Waals surface area (Å²) < 4.78 is 18.9. The number of halogens is 1. The molecule has 1 amide bonds. The summed E-state index contributed by atoms with van der Waals surface area (Å²) in [5.41, 5.74) is 2.78. The standard InChI is InChI=1S/C17H15FN2O2/c1-11-20-15-7-6-12(8-16(15)22-11)10-19-17(21)9-13-4-2-3-5-14(13)18/h2-8H,9-10H2,1H3,(H,19,21). The third-order valence-electron chi connectivity index (χ3n) is 3.36. The van der Waals surface area contributed by atoms with Gasteiger partial charge in [-0.25, -0.2) is 9.37 Å². The molecule has 0 aliphatic heterocycles. The van der Waals surface area contributed by atoms with Crippen LogP contribution in [0.5, 0.6) is 0 Å². The van der Waals surface area contributed by atoms with Crippen molar-refractivity contribution in [3.63, 3.8) is 0 Å². The number of aryl methyl sites for hydroxylation is 1. The van der Waals surface area contributed by atoms with Gasteiger partial charge < -0.3 is 9.73 Å². The summed E-state index contributed by atoms with van der Waals surface area (Å²) in [5.74, 6) is 0.0193. The van der Waals surface area contributed by atoms with Crippen molar-refractivity contribution in [2.75, 3.05) is 0 Å². The molecule has 1 aromatic heterocycles. The van der Waals surface area contributed by atoms with Crippen LogP contribution in [-0.4, -0.2) is 10.9 Å². The van der Waals surface area contributed by atoms with Crippen molar-refractivity contribution in [3.8, 4) is 0 Å². The van der Waals surface area contributed by atoms with E-state index in [1.54, 1.807) is 25.1 Å². The average molecular weight is 298 g/mol. The molecule has 4 nitrogen and oxygen atoms in total. The summed E-state index contributed by atoms with van der Waals surface area (Å²) in [6.45, 7) is 2.15. The molecular weight excluding hydrogens is 283 g/mol. The third kappa shape index (κ3) is 3.14. The molecule has 1 heterocycles. The molecule has 0 bridgehead atoms. The highest BCUT2D eigenvalue weighted by atomic mass is 19.1. The number of nitrogens with one attached hydrogen (secondary N) is 1. The predicted molar refractivity (Wildman–Crippen MR) is 80.7 cm³/mol. The molecule has 0 radical (unpaired) electrons. The number of hydrogen-bond acceptors (Lipinski definition) is 3. The predicted octanol–water partition coefficient (Wildman–Crippen LogP) is 3.13. The largest absolute Gasteiger partial charge is 0.441 e. The number of benzene rings is 2. The Labute approximate surface area is 127 Å². The number of aromatic nitrogens is 1. The number of rotatable bonds is 4. The summed E-state index contributed by atoms with van der Waals surface area (Å²) in [4.78, 5) is 16.1. The Hall–Kier alpha value is -2.69. The van der Waals surface area contributed by atoms with E-state index in [2.05, 4.69) is 10.3 Å². The maximum atomic E-state index is 13.5. The molecule has 1 N–H and O–H groups in total. The summed E-state index contributed by atoms with van der Waals surface area (Å²) in [5, 5.41) is 2.78. The minimum absolute atomic E-state index is 0.0241. The fourth-order valence-electron chi connectivity index (χ4n) is 2.27. The van der Waals surface area contributed by atoms with Gasteiger partial charge in [0.05, 0.1) is 6.42 Å². The fourth-order valence-corrected chi connectivity index (χ4v) is 2.27. The van der Waals surface area contributed by atoms with Crippen molar-refractivity contribution in [2.45, 2.75) is 19.9 Å². The van der Waals surface area contributed by atoms with E-state index < -0.39 is 0 Å². The van der Waals surface area contributed by atoms with Crippen molar-refractivity contribution in [2.24, 2.45) is 0 Å². The van der Waals surface area contributed by atoms with E-state index in [1.165, 1.54) is 6.07 Å². The molecule has 0 atom stereocenters. The average Bonchev–Trinajstić information content (AvgIpc) is 2.87. The van der Waals surface area contributed by atoms with Crippen LogP contribution in [0.4, 0.5) is 4.39 Å². The zero-order valence-corrected chi connectivity index (χ0v) is 12.1. The Kier molecular flexibility index (Phi) is 3.87. The molecule has 3 aromatic rings. The minimum Gasteiger partial charge on any atom is -0.441 e. The first-order chi connectivity index (χ1) is 10.6. The van der Waals surface area contributed by atoms with Gasteiger partial charge in [0, 0.05) is 13.5 Å². The summed E-state index contributed by atoms with van der Waals surface area (Å²) in [7, 11) is 0. The maximum Gasteiger partial charge on any atom is 0.224 e. The summed E-state index contributed by atoms with van der Waals surface area (Å²) in [6, 6.07) is 11.9. The van der Waals surface area contributed by atoms with Gasteiger partial charge in [-0.15, -0.1) is 0 Å². The molecule has 0 fully saturated rings. The summed E-state index contributed by atoms with van der Waals surface area (Å²) >= 11 is 0. The first kappa shape index (κ1) is 14.3. The van der Waals surface area contributed by atoms with Crippen LogP contribution >= 0.6 is 0 Å². The molecule has 5 heteroatoms. The zero-order valence-electron chi connectivity index (χ0n) is 12.1. The lowest BCUT2D eigenvalue weighted by molar-refractivity contribution is -0.120. The first-order valence-electron chi connectivity index (χ1n) is 6.98. The van der Waals surface area contributed by atoms with Crippen molar-refractivity contribution in [1.82, 2.24) is 10.3 Å². The van der Waals surface area contributed by atoms with Crippen LogP contribution in [0, 0.1) is 12.7 Å².